The van der Waals surface area contributed by atoms with Crippen LogP contribution in [0.4, 0.5) is 0 Å². The van der Waals surface area contributed by atoms with Crippen molar-refractivity contribution in [2.75, 3.05) is 0 Å². The average Bonchev–Trinajstić information content (AvgIpc) is 2.54. The molecule has 2 atom stereocenters. The predicted octanol–water partition coefficient (Wildman–Crippen LogP) is 10.6. The van der Waals surface area contributed by atoms with Crippen LogP contribution in [0.3, 0.4) is 0 Å². The average molecular weight is 439 g/mol. The lowest BCUT2D eigenvalue weighted by Crippen LogP contribution is -2.43. The van der Waals surface area contributed by atoms with Gasteiger partial charge in [-0.2, -0.15) is 0 Å². The Hall–Kier alpha value is -0.0400. The number of ether oxygens (including phenoxy) is 1. The zero-order chi connectivity index (χ0) is 24.3. The first kappa shape index (κ1) is 31.0. The van der Waals surface area contributed by atoms with Crippen molar-refractivity contribution in [3.05, 3.63) is 0 Å². The summed E-state index contributed by atoms with van der Waals surface area (Å²) < 4.78 is 7.23. The maximum absolute atomic E-state index is 7.23. The number of hydrogen-bond donors (Lipinski definition) is 0. The summed E-state index contributed by atoms with van der Waals surface area (Å²) in [4.78, 5) is 0. The number of rotatable bonds is 16. The molecule has 0 rings (SSSR count). The third-order valence-corrected chi connectivity index (χ3v) is 6.68. The van der Waals surface area contributed by atoms with Crippen molar-refractivity contribution >= 4 is 0 Å². The standard InChI is InChI=1S/C30H62O/c1-13-15-17-19-21-25(29(9,10)23-27(3,4)5)31-26(22-20-18-16-14-2)30(11,12)24-28(6,7)8/h25-26H,13-24H2,1-12H3. The zero-order valence-corrected chi connectivity index (χ0v) is 24.0. The van der Waals surface area contributed by atoms with Gasteiger partial charge in [-0.15, -0.1) is 0 Å². The van der Waals surface area contributed by atoms with E-state index in [1.54, 1.807) is 0 Å². The smallest absolute Gasteiger partial charge is 0.0630 e. The van der Waals surface area contributed by atoms with Gasteiger partial charge in [0.2, 0.25) is 0 Å². The highest BCUT2D eigenvalue weighted by molar-refractivity contribution is 4.89. The Bertz CT molecular complexity index is 404. The van der Waals surface area contributed by atoms with E-state index in [2.05, 4.69) is 83.1 Å². The van der Waals surface area contributed by atoms with Crippen LogP contribution < -0.4 is 0 Å². The first-order valence-corrected chi connectivity index (χ1v) is 13.7. The summed E-state index contributed by atoms with van der Waals surface area (Å²) in [5.41, 5.74) is 1.05. The molecule has 0 aromatic carbocycles. The van der Waals surface area contributed by atoms with Crippen molar-refractivity contribution in [2.45, 2.75) is 172 Å². The molecule has 0 saturated heterocycles. The van der Waals surface area contributed by atoms with E-state index in [-0.39, 0.29) is 10.8 Å². The van der Waals surface area contributed by atoms with E-state index in [1.807, 2.05) is 0 Å². The van der Waals surface area contributed by atoms with E-state index < -0.39 is 0 Å². The van der Waals surface area contributed by atoms with Crippen molar-refractivity contribution < 1.29 is 4.74 Å². The third kappa shape index (κ3) is 14.7. The molecule has 0 spiro atoms. The Morgan fingerprint density at radius 2 is 0.806 bits per heavy atom. The van der Waals surface area contributed by atoms with Crippen LogP contribution in [0.15, 0.2) is 0 Å². The van der Waals surface area contributed by atoms with E-state index in [9.17, 15) is 0 Å². The highest BCUT2D eigenvalue weighted by Gasteiger charge is 2.40. The van der Waals surface area contributed by atoms with Gasteiger partial charge in [0.15, 0.2) is 0 Å². The maximum Gasteiger partial charge on any atom is 0.0630 e. The van der Waals surface area contributed by atoms with E-state index in [0.29, 0.717) is 23.0 Å². The van der Waals surface area contributed by atoms with Gasteiger partial charge in [0, 0.05) is 0 Å². The first-order valence-electron chi connectivity index (χ1n) is 13.7. The molecule has 0 saturated carbocycles. The van der Waals surface area contributed by atoms with E-state index in [4.69, 9.17) is 4.74 Å². The van der Waals surface area contributed by atoms with Gasteiger partial charge in [-0.05, 0) is 47.3 Å². The van der Waals surface area contributed by atoms with Gasteiger partial charge in [0.1, 0.15) is 0 Å². The second kappa shape index (κ2) is 13.6. The van der Waals surface area contributed by atoms with Crippen LogP contribution in [0.2, 0.25) is 0 Å². The first-order chi connectivity index (χ1) is 14.0. The Morgan fingerprint density at radius 3 is 1.06 bits per heavy atom. The summed E-state index contributed by atoms with van der Waals surface area (Å²) >= 11 is 0. The molecule has 0 aromatic heterocycles. The summed E-state index contributed by atoms with van der Waals surface area (Å²) in [6, 6.07) is 0. The minimum atomic E-state index is 0.198. The van der Waals surface area contributed by atoms with Crippen LogP contribution in [0.1, 0.15) is 160 Å². The van der Waals surface area contributed by atoms with Gasteiger partial charge < -0.3 is 4.74 Å². The molecule has 0 aromatic rings. The molecule has 0 N–H and O–H groups in total. The molecule has 2 unspecified atom stereocenters. The monoisotopic (exact) mass is 438 g/mol. The lowest BCUT2D eigenvalue weighted by Gasteiger charge is -2.45. The van der Waals surface area contributed by atoms with Gasteiger partial charge in [0.05, 0.1) is 12.2 Å². The molecule has 0 aliphatic heterocycles. The molecular formula is C30H62O. The third-order valence-electron chi connectivity index (χ3n) is 6.68. The molecule has 0 radical (unpaired) electrons. The number of unbranched alkanes of at least 4 members (excludes halogenated alkanes) is 6. The molecule has 1 heteroatoms. The lowest BCUT2D eigenvalue weighted by atomic mass is 9.70. The fourth-order valence-electron chi connectivity index (χ4n) is 5.96. The van der Waals surface area contributed by atoms with Crippen LogP contribution in [-0.2, 0) is 4.74 Å². The largest absolute Gasteiger partial charge is 0.374 e. The van der Waals surface area contributed by atoms with E-state index in [0.717, 1.165) is 0 Å². The molecule has 0 heterocycles. The molecule has 31 heavy (non-hydrogen) atoms. The van der Waals surface area contributed by atoms with Crippen molar-refractivity contribution in [1.82, 2.24) is 0 Å². The maximum atomic E-state index is 7.23. The van der Waals surface area contributed by atoms with Crippen molar-refractivity contribution in [3.63, 3.8) is 0 Å². The Morgan fingerprint density at radius 1 is 0.484 bits per heavy atom. The predicted molar refractivity (Wildman–Crippen MR) is 142 cm³/mol. The van der Waals surface area contributed by atoms with Gasteiger partial charge in [-0.1, -0.05) is 134 Å². The van der Waals surface area contributed by atoms with Crippen molar-refractivity contribution in [1.29, 1.82) is 0 Å². The summed E-state index contributed by atoms with van der Waals surface area (Å²) in [7, 11) is 0. The van der Waals surface area contributed by atoms with Crippen LogP contribution in [0.5, 0.6) is 0 Å². The topological polar surface area (TPSA) is 9.23 Å². The quantitative estimate of drug-likeness (QED) is 0.218. The summed E-state index contributed by atoms with van der Waals surface area (Å²) in [6.45, 7) is 28.8. The normalized spacial score (nSPS) is 15.9. The summed E-state index contributed by atoms with van der Waals surface area (Å²) in [5.74, 6) is 0. The fraction of sp³-hybridized carbons (Fsp3) is 1.00. The number of hydrogen-bond acceptors (Lipinski definition) is 1. The second-order valence-electron chi connectivity index (χ2n) is 14.3. The molecule has 0 bridgehead atoms. The van der Waals surface area contributed by atoms with Crippen molar-refractivity contribution in [2.24, 2.45) is 21.7 Å². The molecular weight excluding hydrogens is 376 g/mol. The summed E-state index contributed by atoms with van der Waals surface area (Å²) in [5, 5.41) is 0. The molecule has 0 aliphatic carbocycles. The zero-order valence-electron chi connectivity index (χ0n) is 24.0. The minimum Gasteiger partial charge on any atom is -0.374 e. The second-order valence-corrected chi connectivity index (χ2v) is 14.3. The molecule has 0 amide bonds. The molecule has 0 fully saturated rings. The van der Waals surface area contributed by atoms with Gasteiger partial charge >= 0.3 is 0 Å². The SMILES string of the molecule is CCCCCCC(OC(CCCCCC)C(C)(C)CC(C)(C)C)C(C)(C)CC(C)(C)C. The van der Waals surface area contributed by atoms with E-state index >= 15 is 0 Å². The van der Waals surface area contributed by atoms with Gasteiger partial charge in [0.25, 0.3) is 0 Å². The Kier molecular flexibility index (Phi) is 13.6. The minimum absolute atomic E-state index is 0.198. The van der Waals surface area contributed by atoms with Gasteiger partial charge in [-0.3, -0.25) is 0 Å². The summed E-state index contributed by atoms with van der Waals surface area (Å²) in [6.07, 6.45) is 16.1. The molecule has 0 aliphatic rings. The van der Waals surface area contributed by atoms with Crippen LogP contribution in [0.25, 0.3) is 0 Å². The van der Waals surface area contributed by atoms with Crippen LogP contribution in [0, 0.1) is 21.7 Å². The highest BCUT2D eigenvalue weighted by atomic mass is 16.5. The fourth-order valence-corrected chi connectivity index (χ4v) is 5.96. The highest BCUT2D eigenvalue weighted by Crippen LogP contribution is 2.44. The lowest BCUT2D eigenvalue weighted by molar-refractivity contribution is -0.135. The van der Waals surface area contributed by atoms with Crippen molar-refractivity contribution in [3.8, 4) is 0 Å². The Balaban J connectivity index is 5.63. The van der Waals surface area contributed by atoms with Crippen LogP contribution >= 0.6 is 0 Å². The molecule has 188 valence electrons. The molecule has 1 nitrogen and oxygen atoms in total. The Labute approximate surface area is 198 Å². The van der Waals surface area contributed by atoms with Gasteiger partial charge in [-0.25, -0.2) is 0 Å². The van der Waals surface area contributed by atoms with Crippen LogP contribution in [-0.4, -0.2) is 12.2 Å². The van der Waals surface area contributed by atoms with E-state index in [1.165, 1.54) is 77.0 Å².